The molecule has 0 saturated carbocycles. The van der Waals surface area contributed by atoms with Gasteiger partial charge in [-0.15, -0.1) is 0 Å². The van der Waals surface area contributed by atoms with Gasteiger partial charge in [-0.1, -0.05) is 37.3 Å². The van der Waals surface area contributed by atoms with Gasteiger partial charge in [0.2, 0.25) is 5.91 Å². The Morgan fingerprint density at radius 2 is 1.96 bits per heavy atom. The van der Waals surface area contributed by atoms with Crippen molar-refractivity contribution >= 4 is 17.3 Å². The number of nitrogens with zero attached hydrogens (tertiary/aromatic N) is 2. The molecule has 2 aromatic carbocycles. The van der Waals surface area contributed by atoms with Crippen LogP contribution in [-0.4, -0.2) is 40.9 Å². The maximum Gasteiger partial charge on any atom is 0.247 e. The third kappa shape index (κ3) is 2.14. The normalized spacial score (nSPS) is 29.9. The van der Waals surface area contributed by atoms with Crippen LogP contribution in [0.5, 0.6) is 0 Å². The van der Waals surface area contributed by atoms with E-state index in [2.05, 4.69) is 30.4 Å². The van der Waals surface area contributed by atoms with Crippen molar-refractivity contribution in [2.45, 2.75) is 44.1 Å². The summed E-state index contributed by atoms with van der Waals surface area (Å²) < 4.78 is 0. The van der Waals surface area contributed by atoms with Crippen LogP contribution in [0.3, 0.4) is 0 Å². The molecule has 2 fully saturated rings. The molecule has 0 spiro atoms. The van der Waals surface area contributed by atoms with Crippen molar-refractivity contribution in [2.75, 3.05) is 16.8 Å². The van der Waals surface area contributed by atoms with Crippen molar-refractivity contribution < 1.29 is 9.90 Å². The highest BCUT2D eigenvalue weighted by Gasteiger charge is 2.53. The summed E-state index contributed by atoms with van der Waals surface area (Å²) in [6, 6.07) is 15.9. The Labute approximate surface area is 153 Å². The molecule has 0 bridgehead atoms. The summed E-state index contributed by atoms with van der Waals surface area (Å²) in [4.78, 5) is 16.6. The van der Waals surface area contributed by atoms with E-state index in [0.717, 1.165) is 18.5 Å². The molecule has 2 N–H and O–H groups in total. The Bertz CT molecular complexity index is 854. The molecule has 4 unspecified atom stereocenters. The molecule has 5 rings (SSSR count). The lowest BCUT2D eigenvalue weighted by Crippen LogP contribution is -2.51. The fraction of sp³-hybridized carbons (Fsp3) is 0.381. The van der Waals surface area contributed by atoms with E-state index in [9.17, 15) is 9.90 Å². The first-order chi connectivity index (χ1) is 12.7. The molecular weight excluding hydrogens is 326 g/mol. The number of rotatable bonds is 2. The van der Waals surface area contributed by atoms with Crippen LogP contribution < -0.4 is 10.2 Å². The van der Waals surface area contributed by atoms with Gasteiger partial charge in [-0.25, -0.2) is 4.90 Å². The molecule has 0 radical (unpaired) electrons. The standard InChI is InChI=1S/C21H23N3O2/c1-2-13-7-6-10-16-19(13)15-11-18-20(25)24(14-8-4-3-5-9-14)21(26)23(18)12-17(15)22-16/h3-10,15,17-18,21-22,26H,2,11-12H2,1H3. The third-order valence-corrected chi connectivity index (χ3v) is 6.14. The van der Waals surface area contributed by atoms with E-state index in [-0.39, 0.29) is 18.0 Å². The average molecular weight is 349 g/mol. The van der Waals surface area contributed by atoms with E-state index in [4.69, 9.17) is 0 Å². The SMILES string of the molecule is CCc1cccc2c1C1CC3C(=O)N(c4ccccc4)C(O)N3CC1N2. The van der Waals surface area contributed by atoms with Crippen molar-refractivity contribution in [1.29, 1.82) is 0 Å². The second kappa shape index (κ2) is 5.83. The fourth-order valence-electron chi connectivity index (χ4n) is 4.94. The zero-order chi connectivity index (χ0) is 17.8. The number of hydrogen-bond donors (Lipinski definition) is 2. The summed E-state index contributed by atoms with van der Waals surface area (Å²) in [6.45, 7) is 2.85. The number of aliphatic hydroxyl groups excluding tert-OH is 1. The predicted octanol–water partition coefficient (Wildman–Crippen LogP) is 2.52. The van der Waals surface area contributed by atoms with Gasteiger partial charge in [-0.3, -0.25) is 9.69 Å². The number of amides is 1. The second-order valence-electron chi connectivity index (χ2n) is 7.43. The largest absolute Gasteiger partial charge is 0.380 e. The average Bonchev–Trinajstić information content (AvgIpc) is 3.16. The molecule has 26 heavy (non-hydrogen) atoms. The van der Waals surface area contributed by atoms with Crippen LogP contribution in [0.25, 0.3) is 0 Å². The summed E-state index contributed by atoms with van der Waals surface area (Å²) in [5.41, 5.74) is 4.69. The fourth-order valence-corrected chi connectivity index (χ4v) is 4.94. The van der Waals surface area contributed by atoms with Gasteiger partial charge < -0.3 is 10.4 Å². The van der Waals surface area contributed by atoms with Crippen molar-refractivity contribution in [1.82, 2.24) is 4.90 Å². The van der Waals surface area contributed by atoms with Gasteiger partial charge in [0.25, 0.3) is 0 Å². The maximum atomic E-state index is 13.1. The smallest absolute Gasteiger partial charge is 0.247 e. The minimum atomic E-state index is -0.896. The lowest BCUT2D eigenvalue weighted by atomic mass is 9.82. The van der Waals surface area contributed by atoms with Gasteiger partial charge in [0.15, 0.2) is 6.35 Å². The molecule has 2 saturated heterocycles. The predicted molar refractivity (Wildman–Crippen MR) is 101 cm³/mol. The minimum Gasteiger partial charge on any atom is -0.380 e. The molecule has 5 nitrogen and oxygen atoms in total. The highest BCUT2D eigenvalue weighted by Crippen LogP contribution is 2.46. The van der Waals surface area contributed by atoms with Crippen LogP contribution >= 0.6 is 0 Å². The Morgan fingerprint density at radius 3 is 2.73 bits per heavy atom. The first kappa shape index (κ1) is 15.9. The summed E-state index contributed by atoms with van der Waals surface area (Å²) in [6.07, 6.45) is 0.850. The Morgan fingerprint density at radius 1 is 1.15 bits per heavy atom. The Kier molecular flexibility index (Phi) is 3.55. The van der Waals surface area contributed by atoms with Gasteiger partial charge in [0.05, 0.1) is 6.04 Å². The summed E-state index contributed by atoms with van der Waals surface area (Å²) >= 11 is 0. The molecule has 0 aliphatic carbocycles. The number of para-hydroxylation sites is 1. The van der Waals surface area contributed by atoms with Gasteiger partial charge in [0.1, 0.15) is 0 Å². The van der Waals surface area contributed by atoms with Crippen molar-refractivity contribution in [3.8, 4) is 0 Å². The van der Waals surface area contributed by atoms with Gasteiger partial charge >= 0.3 is 0 Å². The molecule has 134 valence electrons. The molecule has 1 amide bonds. The van der Waals surface area contributed by atoms with Crippen LogP contribution in [0.15, 0.2) is 48.5 Å². The van der Waals surface area contributed by atoms with Crippen molar-refractivity contribution in [3.05, 3.63) is 59.7 Å². The zero-order valence-electron chi connectivity index (χ0n) is 14.8. The van der Waals surface area contributed by atoms with E-state index in [0.29, 0.717) is 12.5 Å². The van der Waals surface area contributed by atoms with E-state index >= 15 is 0 Å². The molecule has 3 aliphatic heterocycles. The molecule has 4 atom stereocenters. The number of aryl methyl sites for hydroxylation is 1. The molecular formula is C21H23N3O2. The third-order valence-electron chi connectivity index (χ3n) is 6.14. The van der Waals surface area contributed by atoms with E-state index in [1.54, 1.807) is 4.90 Å². The van der Waals surface area contributed by atoms with Crippen LogP contribution in [0.2, 0.25) is 0 Å². The van der Waals surface area contributed by atoms with Gasteiger partial charge in [0, 0.05) is 29.9 Å². The maximum absolute atomic E-state index is 13.1. The van der Waals surface area contributed by atoms with Crippen LogP contribution in [0.4, 0.5) is 11.4 Å². The van der Waals surface area contributed by atoms with Gasteiger partial charge in [-0.2, -0.15) is 0 Å². The number of carbonyl (C=O) groups is 1. The van der Waals surface area contributed by atoms with Crippen LogP contribution in [0, 0.1) is 0 Å². The number of fused-ring (bicyclic) bond motifs is 4. The second-order valence-corrected chi connectivity index (χ2v) is 7.43. The number of anilines is 2. The van der Waals surface area contributed by atoms with Crippen LogP contribution in [0.1, 0.15) is 30.4 Å². The molecule has 5 heteroatoms. The summed E-state index contributed by atoms with van der Waals surface area (Å²) in [5.74, 6) is 0.332. The first-order valence-electron chi connectivity index (χ1n) is 9.39. The van der Waals surface area contributed by atoms with Crippen molar-refractivity contribution in [2.24, 2.45) is 0 Å². The highest BCUT2D eigenvalue weighted by atomic mass is 16.3. The molecule has 2 aromatic rings. The first-order valence-corrected chi connectivity index (χ1v) is 9.39. The number of nitrogens with one attached hydrogen (secondary N) is 1. The van der Waals surface area contributed by atoms with Crippen molar-refractivity contribution in [3.63, 3.8) is 0 Å². The number of benzene rings is 2. The number of carbonyl (C=O) groups excluding carboxylic acids is 1. The van der Waals surface area contributed by atoms with Crippen LogP contribution in [-0.2, 0) is 11.2 Å². The quantitative estimate of drug-likeness (QED) is 0.875. The lowest BCUT2D eigenvalue weighted by molar-refractivity contribution is -0.120. The number of hydrogen-bond acceptors (Lipinski definition) is 4. The van der Waals surface area contributed by atoms with E-state index in [1.165, 1.54) is 16.8 Å². The highest BCUT2D eigenvalue weighted by molar-refractivity contribution is 6.00. The minimum absolute atomic E-state index is 0.00424. The molecule has 3 aliphatic rings. The monoisotopic (exact) mass is 349 g/mol. The summed E-state index contributed by atoms with van der Waals surface area (Å²) in [5, 5.41) is 14.5. The molecule has 3 heterocycles. The number of aliphatic hydroxyl groups is 1. The Balaban J connectivity index is 1.49. The van der Waals surface area contributed by atoms with E-state index in [1.807, 2.05) is 35.2 Å². The number of piperidine rings is 1. The van der Waals surface area contributed by atoms with E-state index < -0.39 is 6.35 Å². The lowest BCUT2D eigenvalue weighted by Gasteiger charge is -2.37. The van der Waals surface area contributed by atoms with Gasteiger partial charge in [-0.05, 0) is 42.2 Å². The topological polar surface area (TPSA) is 55.8 Å². The Hall–Kier alpha value is -2.37. The molecule has 0 aromatic heterocycles. The zero-order valence-corrected chi connectivity index (χ0v) is 14.8. The summed E-state index contributed by atoms with van der Waals surface area (Å²) in [7, 11) is 0.